The quantitative estimate of drug-likeness (QED) is 0.710. The SMILES string of the molecule is COc1ccc2[nH]cc(C(=O)CN3C[C@@H]4C[C@@H](C3)c3cccc(=O)n3C4)c2c1. The van der Waals surface area contributed by atoms with Crippen molar-refractivity contribution in [2.24, 2.45) is 5.92 Å². The van der Waals surface area contributed by atoms with Gasteiger partial charge in [0.1, 0.15) is 5.75 Å². The van der Waals surface area contributed by atoms with Crippen molar-refractivity contribution in [3.63, 3.8) is 0 Å². The van der Waals surface area contributed by atoms with Gasteiger partial charge in [0.2, 0.25) is 0 Å². The van der Waals surface area contributed by atoms with E-state index in [2.05, 4.69) is 16.0 Å². The molecule has 1 fully saturated rings. The maximum atomic E-state index is 13.0. The minimum atomic E-state index is 0.0875. The number of H-pyrrole nitrogens is 1. The normalized spacial score (nSPS) is 21.5. The Kier molecular flexibility index (Phi) is 4.09. The maximum absolute atomic E-state index is 13.0. The molecule has 0 spiro atoms. The number of benzene rings is 1. The number of ether oxygens (including phenoxy) is 1. The van der Waals surface area contributed by atoms with E-state index in [1.165, 1.54) is 0 Å². The number of methoxy groups -OCH3 is 1. The molecule has 2 bridgehead atoms. The van der Waals surface area contributed by atoms with Gasteiger partial charge in [0.15, 0.2) is 5.78 Å². The monoisotopic (exact) mass is 377 g/mol. The summed E-state index contributed by atoms with van der Waals surface area (Å²) < 4.78 is 7.23. The van der Waals surface area contributed by atoms with Crippen LogP contribution in [0.4, 0.5) is 0 Å². The smallest absolute Gasteiger partial charge is 0.250 e. The third-order valence-corrected chi connectivity index (χ3v) is 6.11. The average Bonchev–Trinajstić information content (AvgIpc) is 3.12. The van der Waals surface area contributed by atoms with E-state index in [0.717, 1.165) is 48.4 Å². The summed E-state index contributed by atoms with van der Waals surface area (Å²) in [6.45, 7) is 2.82. The van der Waals surface area contributed by atoms with E-state index in [1.807, 2.05) is 28.8 Å². The molecule has 6 heteroatoms. The number of likely N-dealkylation sites (tertiary alicyclic amines) is 1. The summed E-state index contributed by atoms with van der Waals surface area (Å²) >= 11 is 0. The van der Waals surface area contributed by atoms with E-state index in [-0.39, 0.29) is 11.3 Å². The van der Waals surface area contributed by atoms with Crippen LogP contribution in [0.2, 0.25) is 0 Å². The van der Waals surface area contributed by atoms with E-state index < -0.39 is 0 Å². The predicted molar refractivity (Wildman–Crippen MR) is 107 cm³/mol. The van der Waals surface area contributed by atoms with Crippen molar-refractivity contribution < 1.29 is 9.53 Å². The lowest BCUT2D eigenvalue weighted by atomic mass is 9.83. The Balaban J connectivity index is 1.38. The Bertz CT molecular complexity index is 1110. The van der Waals surface area contributed by atoms with Crippen LogP contribution in [0.3, 0.4) is 0 Å². The molecule has 0 amide bonds. The molecule has 0 aliphatic carbocycles. The Morgan fingerprint density at radius 1 is 1.21 bits per heavy atom. The molecule has 4 heterocycles. The molecule has 3 aromatic rings. The van der Waals surface area contributed by atoms with Crippen molar-refractivity contribution in [2.45, 2.75) is 18.9 Å². The number of hydrogen-bond acceptors (Lipinski definition) is 4. The number of carbonyl (C=O) groups excluding carboxylic acids is 1. The number of pyridine rings is 1. The number of carbonyl (C=O) groups is 1. The Labute approximate surface area is 162 Å². The molecular formula is C22H23N3O3. The molecule has 0 unspecified atom stereocenters. The van der Waals surface area contributed by atoms with Crippen LogP contribution < -0.4 is 10.3 Å². The van der Waals surface area contributed by atoms with E-state index in [0.29, 0.717) is 23.9 Å². The minimum absolute atomic E-state index is 0.0875. The summed E-state index contributed by atoms with van der Waals surface area (Å²) in [6.07, 6.45) is 2.89. The Hall–Kier alpha value is -2.86. The summed E-state index contributed by atoms with van der Waals surface area (Å²) in [5.41, 5.74) is 2.84. The first-order chi connectivity index (χ1) is 13.6. The van der Waals surface area contributed by atoms with Gasteiger partial charge in [-0.25, -0.2) is 0 Å². The number of hydrogen-bond donors (Lipinski definition) is 1. The number of piperidine rings is 1. The standard InChI is InChI=1S/C22H23N3O3/c1-28-16-5-6-19-17(8-16)18(9-23-19)21(26)13-24-10-14-7-15(12-24)20-3-2-4-22(27)25(20)11-14/h2-6,8-9,14-15,23H,7,10-13H2,1H3/t14-,15-/m0/s1. The van der Waals surface area contributed by atoms with Gasteiger partial charge in [-0.1, -0.05) is 6.07 Å². The van der Waals surface area contributed by atoms with Crippen LogP contribution in [-0.2, 0) is 6.54 Å². The molecule has 1 aromatic carbocycles. The number of fused-ring (bicyclic) bond motifs is 5. The van der Waals surface area contributed by atoms with E-state index in [1.54, 1.807) is 19.4 Å². The number of aromatic amines is 1. The summed E-state index contributed by atoms with van der Waals surface area (Å²) in [7, 11) is 1.63. The molecule has 1 saturated heterocycles. The van der Waals surface area contributed by atoms with Crippen LogP contribution in [0.5, 0.6) is 5.75 Å². The van der Waals surface area contributed by atoms with Crippen molar-refractivity contribution in [3.05, 3.63) is 64.2 Å². The molecule has 144 valence electrons. The highest BCUT2D eigenvalue weighted by molar-refractivity contribution is 6.09. The minimum Gasteiger partial charge on any atom is -0.497 e. The van der Waals surface area contributed by atoms with Crippen molar-refractivity contribution in [3.8, 4) is 5.75 Å². The van der Waals surface area contributed by atoms with Gasteiger partial charge in [-0.15, -0.1) is 0 Å². The lowest BCUT2D eigenvalue weighted by Gasteiger charge is -2.42. The Morgan fingerprint density at radius 2 is 2.11 bits per heavy atom. The highest BCUT2D eigenvalue weighted by Crippen LogP contribution is 2.35. The van der Waals surface area contributed by atoms with E-state index in [9.17, 15) is 9.59 Å². The fraction of sp³-hybridized carbons (Fsp3) is 0.364. The van der Waals surface area contributed by atoms with Crippen molar-refractivity contribution in [1.29, 1.82) is 0 Å². The van der Waals surface area contributed by atoms with Crippen molar-refractivity contribution in [1.82, 2.24) is 14.5 Å². The molecule has 2 aromatic heterocycles. The zero-order chi connectivity index (χ0) is 19.3. The van der Waals surface area contributed by atoms with Gasteiger partial charge < -0.3 is 14.3 Å². The summed E-state index contributed by atoms with van der Waals surface area (Å²) in [5, 5.41) is 0.901. The molecule has 2 atom stereocenters. The molecule has 2 aliphatic rings. The van der Waals surface area contributed by atoms with Crippen LogP contribution in [0, 0.1) is 5.92 Å². The molecule has 2 aliphatic heterocycles. The first kappa shape index (κ1) is 17.3. The van der Waals surface area contributed by atoms with Crippen LogP contribution in [0.25, 0.3) is 10.9 Å². The maximum Gasteiger partial charge on any atom is 0.250 e. The second-order valence-corrected chi connectivity index (χ2v) is 7.93. The van der Waals surface area contributed by atoms with Crippen LogP contribution in [0.1, 0.15) is 28.4 Å². The Morgan fingerprint density at radius 3 is 2.96 bits per heavy atom. The third-order valence-electron chi connectivity index (χ3n) is 6.11. The first-order valence-corrected chi connectivity index (χ1v) is 9.73. The van der Waals surface area contributed by atoms with Gasteiger partial charge in [0, 0.05) is 60.0 Å². The van der Waals surface area contributed by atoms with Crippen LogP contribution in [-0.4, -0.2) is 47.0 Å². The van der Waals surface area contributed by atoms with Gasteiger partial charge >= 0.3 is 0 Å². The topological polar surface area (TPSA) is 67.3 Å². The van der Waals surface area contributed by atoms with Gasteiger partial charge in [0.25, 0.3) is 5.56 Å². The highest BCUT2D eigenvalue weighted by Gasteiger charge is 2.35. The summed E-state index contributed by atoms with van der Waals surface area (Å²) in [6, 6.07) is 11.3. The molecule has 6 nitrogen and oxygen atoms in total. The zero-order valence-corrected chi connectivity index (χ0v) is 15.9. The number of Topliss-reactive ketones (excluding diaryl/α,β-unsaturated/α-hetero) is 1. The molecule has 0 saturated carbocycles. The van der Waals surface area contributed by atoms with E-state index >= 15 is 0 Å². The van der Waals surface area contributed by atoms with E-state index in [4.69, 9.17) is 4.74 Å². The fourth-order valence-corrected chi connectivity index (χ4v) is 4.87. The number of nitrogens with one attached hydrogen (secondary N) is 1. The summed E-state index contributed by atoms with van der Waals surface area (Å²) in [4.78, 5) is 30.7. The zero-order valence-electron chi connectivity index (χ0n) is 15.9. The molecule has 5 rings (SSSR count). The predicted octanol–water partition coefficient (Wildman–Crippen LogP) is 2.64. The van der Waals surface area contributed by atoms with Gasteiger partial charge in [-0.2, -0.15) is 0 Å². The number of rotatable bonds is 4. The lowest BCUT2D eigenvalue weighted by Crippen LogP contribution is -2.48. The second-order valence-electron chi connectivity index (χ2n) is 7.93. The average molecular weight is 377 g/mol. The number of nitrogens with zero attached hydrogens (tertiary/aromatic N) is 2. The fourth-order valence-electron chi connectivity index (χ4n) is 4.87. The molecule has 28 heavy (non-hydrogen) atoms. The number of ketones is 1. The van der Waals surface area contributed by atoms with Crippen molar-refractivity contribution >= 4 is 16.7 Å². The largest absolute Gasteiger partial charge is 0.497 e. The van der Waals surface area contributed by atoms with Gasteiger partial charge in [0.05, 0.1) is 13.7 Å². The highest BCUT2D eigenvalue weighted by atomic mass is 16.5. The lowest BCUT2D eigenvalue weighted by molar-refractivity contribution is 0.0819. The molecule has 1 N–H and O–H groups in total. The van der Waals surface area contributed by atoms with Crippen molar-refractivity contribution in [2.75, 3.05) is 26.7 Å². The molecule has 0 radical (unpaired) electrons. The first-order valence-electron chi connectivity index (χ1n) is 9.73. The third kappa shape index (κ3) is 2.85. The van der Waals surface area contributed by atoms with Gasteiger partial charge in [-0.3, -0.25) is 14.5 Å². The number of aromatic nitrogens is 2. The second kappa shape index (κ2) is 6.63. The van der Waals surface area contributed by atoms with Crippen LogP contribution in [0.15, 0.2) is 47.4 Å². The summed E-state index contributed by atoms with van der Waals surface area (Å²) in [5.74, 6) is 1.60. The van der Waals surface area contributed by atoms with Gasteiger partial charge in [-0.05, 0) is 36.6 Å². The van der Waals surface area contributed by atoms with Crippen LogP contribution >= 0.6 is 0 Å². The molecular weight excluding hydrogens is 354 g/mol.